The lowest BCUT2D eigenvalue weighted by atomic mass is 9.86. The van der Waals surface area contributed by atoms with E-state index < -0.39 is 66.0 Å². The van der Waals surface area contributed by atoms with E-state index in [9.17, 15) is 28.0 Å². The number of aliphatic carboxylic acids is 2. The highest BCUT2D eigenvalue weighted by Gasteiger charge is 2.38. The first kappa shape index (κ1) is 34.0. The van der Waals surface area contributed by atoms with E-state index in [2.05, 4.69) is 15.4 Å². The average molecular weight is 473 g/mol. The molecule has 2 atom stereocenters. The largest absolute Gasteiger partial charge is 0.480 e. The number of carbonyl (C=O) groups is 4. The fourth-order valence-electron chi connectivity index (χ4n) is 1.94. The zero-order valence-corrected chi connectivity index (χ0v) is 19.2. The van der Waals surface area contributed by atoms with Crippen LogP contribution < -0.4 is 10.6 Å². The molecule has 0 bridgehead atoms. The van der Waals surface area contributed by atoms with Gasteiger partial charge in [0.05, 0.1) is 20.5 Å². The number of hydrogen-bond donors (Lipinski definition) is 4. The molecule has 0 aliphatic carbocycles. The summed E-state index contributed by atoms with van der Waals surface area (Å²) in [7, 11) is 1.11. The number of methoxy groups -OCH3 is 1. The van der Waals surface area contributed by atoms with Crippen LogP contribution in [0.25, 0.3) is 0 Å². The molecule has 0 aliphatic heterocycles. The van der Waals surface area contributed by atoms with Crippen molar-refractivity contribution in [3.8, 4) is 0 Å². The molecule has 0 spiro atoms. The Balaban J connectivity index is -0.000000519. The molecule has 0 fully saturated rings. The van der Waals surface area contributed by atoms with Gasteiger partial charge in [-0.15, -0.1) is 0 Å². The van der Waals surface area contributed by atoms with Crippen LogP contribution in [-0.2, 0) is 19.1 Å². The summed E-state index contributed by atoms with van der Waals surface area (Å²) < 4.78 is 34.4. The Bertz CT molecular complexity index is 634. The first-order valence-corrected chi connectivity index (χ1v) is 9.26. The maximum Gasteiger partial charge on any atom is 0.408 e. The molecule has 0 heterocycles. The van der Waals surface area contributed by atoms with E-state index in [0.717, 1.165) is 7.11 Å². The van der Waals surface area contributed by atoms with E-state index in [1.165, 1.54) is 27.7 Å². The third-order valence-electron chi connectivity index (χ3n) is 3.85. The van der Waals surface area contributed by atoms with E-state index in [1.54, 1.807) is 20.8 Å². The van der Waals surface area contributed by atoms with E-state index in [-0.39, 0.29) is 7.43 Å². The number of ether oxygens (including phenoxy) is 2. The minimum atomic E-state index is -1.33. The van der Waals surface area contributed by atoms with Gasteiger partial charge >= 0.3 is 24.1 Å². The lowest BCUT2D eigenvalue weighted by molar-refractivity contribution is -0.143. The Morgan fingerprint density at radius 1 is 0.781 bits per heavy atom. The SMILES string of the molecule is C.CC(C)(C)OC(=O)N[C@H](C(=O)O)C(C)(C)CF.COC(=O)N[C@H](C(=O)O)C(C)(C)CF. The van der Waals surface area contributed by atoms with E-state index >= 15 is 0 Å². The maximum absolute atomic E-state index is 12.7. The molecule has 0 aliphatic rings. The van der Waals surface area contributed by atoms with E-state index in [4.69, 9.17) is 14.9 Å². The van der Waals surface area contributed by atoms with Gasteiger partial charge in [-0.1, -0.05) is 35.1 Å². The van der Waals surface area contributed by atoms with Crippen LogP contribution in [0.1, 0.15) is 55.9 Å². The molecule has 0 radical (unpaired) electrons. The Hall–Kier alpha value is -2.66. The molecule has 0 rings (SSSR count). The molecule has 0 saturated heterocycles. The number of hydrogen-bond acceptors (Lipinski definition) is 6. The van der Waals surface area contributed by atoms with Gasteiger partial charge in [-0.3, -0.25) is 8.78 Å². The van der Waals surface area contributed by atoms with Crippen molar-refractivity contribution in [2.75, 3.05) is 20.5 Å². The fraction of sp³-hybridized carbons (Fsp3) is 0.800. The first-order chi connectivity index (χ1) is 13.8. The molecule has 2 amide bonds. The Morgan fingerprint density at radius 3 is 1.31 bits per heavy atom. The Labute approximate surface area is 188 Å². The summed E-state index contributed by atoms with van der Waals surface area (Å²) in [4.78, 5) is 43.9. The third-order valence-corrected chi connectivity index (χ3v) is 3.85. The first-order valence-electron chi connectivity index (χ1n) is 9.26. The van der Waals surface area contributed by atoms with Gasteiger partial charge in [-0.05, 0) is 20.8 Å². The molecule has 10 nitrogen and oxygen atoms in total. The van der Waals surface area contributed by atoms with Crippen molar-refractivity contribution in [3.63, 3.8) is 0 Å². The number of carbonyl (C=O) groups excluding carboxylic acids is 2. The summed E-state index contributed by atoms with van der Waals surface area (Å²) in [5, 5.41) is 21.9. The van der Waals surface area contributed by atoms with Crippen molar-refractivity contribution >= 4 is 24.1 Å². The summed E-state index contributed by atoms with van der Waals surface area (Å²) in [6.45, 7) is 8.90. The third kappa shape index (κ3) is 12.9. The number of carboxylic acid groups (broad SMARTS) is 2. The summed E-state index contributed by atoms with van der Waals surface area (Å²) in [6.07, 6.45) is -1.76. The van der Waals surface area contributed by atoms with Gasteiger partial charge in [0.15, 0.2) is 0 Å². The number of carboxylic acids is 2. The number of alkyl halides is 2. The molecule has 0 aromatic rings. The molecular formula is C20H38F2N2O8. The van der Waals surface area contributed by atoms with Gasteiger partial charge in [0.25, 0.3) is 0 Å². The normalized spacial score (nSPS) is 13.2. The number of halogens is 2. The minimum Gasteiger partial charge on any atom is -0.480 e. The van der Waals surface area contributed by atoms with Crippen LogP contribution in [0.4, 0.5) is 18.4 Å². The number of nitrogens with one attached hydrogen (secondary N) is 2. The lowest BCUT2D eigenvalue weighted by Crippen LogP contribution is -2.52. The molecule has 32 heavy (non-hydrogen) atoms. The van der Waals surface area contributed by atoms with Gasteiger partial charge in [-0.2, -0.15) is 0 Å². The number of amides is 2. The highest BCUT2D eigenvalue weighted by atomic mass is 19.1. The maximum atomic E-state index is 12.7. The predicted molar refractivity (Wildman–Crippen MR) is 114 cm³/mol. The molecule has 12 heteroatoms. The lowest BCUT2D eigenvalue weighted by Gasteiger charge is -2.30. The molecule has 4 N–H and O–H groups in total. The summed E-state index contributed by atoms with van der Waals surface area (Å²) in [5.41, 5.74) is -3.09. The second-order valence-electron chi connectivity index (χ2n) is 9.07. The van der Waals surface area contributed by atoms with Crippen molar-refractivity contribution < 1.29 is 47.6 Å². The van der Waals surface area contributed by atoms with Crippen LogP contribution in [0, 0.1) is 10.8 Å². The predicted octanol–water partition coefficient (Wildman–Crippen LogP) is 3.39. The standard InChI is InChI=1S/C11H20FNO4.C8H14FNO4.CH4/c1-10(2,3)17-9(16)13-7(8(14)15)11(4,5)6-12;1-8(2,4-9)5(6(11)12)10-7(13)14-3;/h7H,6H2,1-5H3,(H,13,16)(H,14,15);5H,4H2,1-3H3,(H,10,13)(H,11,12);1H4/t7-;5-;/m11./s1. The van der Waals surface area contributed by atoms with Gasteiger partial charge < -0.3 is 30.3 Å². The van der Waals surface area contributed by atoms with Crippen LogP contribution in [0.3, 0.4) is 0 Å². The Kier molecular flexibility index (Phi) is 14.5. The van der Waals surface area contributed by atoms with Crippen LogP contribution in [0.15, 0.2) is 0 Å². The van der Waals surface area contributed by atoms with E-state index in [1.807, 2.05) is 0 Å². The van der Waals surface area contributed by atoms with E-state index in [0.29, 0.717) is 0 Å². The molecule has 0 saturated carbocycles. The highest BCUT2D eigenvalue weighted by molar-refractivity contribution is 5.81. The fourth-order valence-corrected chi connectivity index (χ4v) is 1.94. The smallest absolute Gasteiger partial charge is 0.408 e. The number of rotatable bonds is 8. The van der Waals surface area contributed by atoms with Crippen molar-refractivity contribution in [2.45, 2.75) is 73.6 Å². The number of alkyl carbamates (subject to hydrolysis) is 2. The van der Waals surface area contributed by atoms with Crippen LogP contribution in [0.2, 0.25) is 0 Å². The van der Waals surface area contributed by atoms with Gasteiger partial charge in [-0.25, -0.2) is 19.2 Å². The molecule has 0 aromatic carbocycles. The van der Waals surface area contributed by atoms with Crippen molar-refractivity contribution in [1.82, 2.24) is 10.6 Å². The minimum absolute atomic E-state index is 0. The van der Waals surface area contributed by atoms with Crippen LogP contribution >= 0.6 is 0 Å². The Morgan fingerprint density at radius 2 is 1.09 bits per heavy atom. The zero-order valence-electron chi connectivity index (χ0n) is 19.2. The molecule has 0 aromatic heterocycles. The summed E-state index contributed by atoms with van der Waals surface area (Å²) in [6, 6.07) is -2.64. The van der Waals surface area contributed by atoms with Crippen LogP contribution in [-0.4, -0.2) is 72.5 Å². The van der Waals surface area contributed by atoms with Crippen LogP contribution in [0.5, 0.6) is 0 Å². The second-order valence-corrected chi connectivity index (χ2v) is 9.07. The topological polar surface area (TPSA) is 151 Å². The van der Waals surface area contributed by atoms with Crippen molar-refractivity contribution in [1.29, 1.82) is 0 Å². The second kappa shape index (κ2) is 13.7. The van der Waals surface area contributed by atoms with Gasteiger partial charge in [0.2, 0.25) is 0 Å². The molecule has 190 valence electrons. The van der Waals surface area contributed by atoms with Gasteiger partial charge in [0.1, 0.15) is 17.7 Å². The zero-order chi connectivity index (χ0) is 25.2. The van der Waals surface area contributed by atoms with Crippen molar-refractivity contribution in [2.24, 2.45) is 10.8 Å². The summed E-state index contributed by atoms with van der Waals surface area (Å²) in [5.74, 6) is -2.59. The molecule has 0 unspecified atom stereocenters. The highest BCUT2D eigenvalue weighted by Crippen LogP contribution is 2.22. The average Bonchev–Trinajstić information content (AvgIpc) is 2.62. The monoisotopic (exact) mass is 472 g/mol. The van der Waals surface area contributed by atoms with Crippen molar-refractivity contribution in [3.05, 3.63) is 0 Å². The quantitative estimate of drug-likeness (QED) is 0.420. The molecular weight excluding hydrogens is 434 g/mol. The summed E-state index contributed by atoms with van der Waals surface area (Å²) >= 11 is 0. The van der Waals surface area contributed by atoms with Gasteiger partial charge in [0, 0.05) is 10.8 Å².